The molecule has 10 heteroatoms. The third kappa shape index (κ3) is 12.3. The first-order valence-corrected chi connectivity index (χ1v) is 15.8. The van der Waals surface area contributed by atoms with E-state index in [0.29, 0.717) is 13.0 Å². The first-order chi connectivity index (χ1) is 16.8. The molecule has 0 aliphatic heterocycles. The van der Waals surface area contributed by atoms with Crippen LogP contribution in [0.15, 0.2) is 24.3 Å². The van der Waals surface area contributed by atoms with E-state index in [-0.39, 0.29) is 5.78 Å². The number of methoxy groups -OCH3 is 1. The normalized spacial score (nSPS) is 11.0. The minimum atomic E-state index is 0.155. The standard InChI is InChI=1S/C25H32I4N2O4/c1-17(32)12-18-13-20(26)25(21(27)14-18)35-19-15-22(28)24(23(29)16-19)34-11-5-9-31-7-3-6-30-8-4-10-33-2/h13-16,30-31H,3-12H2,1-2H3. The van der Waals surface area contributed by atoms with Gasteiger partial charge in [-0.2, -0.15) is 0 Å². The van der Waals surface area contributed by atoms with Crippen molar-refractivity contribution in [2.24, 2.45) is 0 Å². The van der Waals surface area contributed by atoms with Gasteiger partial charge in [0.1, 0.15) is 17.3 Å². The lowest BCUT2D eigenvalue weighted by atomic mass is 10.1. The quantitative estimate of drug-likeness (QED) is 0.142. The summed E-state index contributed by atoms with van der Waals surface area (Å²) in [7, 11) is 1.74. The molecule has 2 rings (SSSR count). The third-order valence-corrected chi connectivity index (χ3v) is 8.06. The minimum Gasteiger partial charge on any atom is -0.491 e. The van der Waals surface area contributed by atoms with Crippen LogP contribution in [0.1, 0.15) is 31.7 Å². The van der Waals surface area contributed by atoms with Gasteiger partial charge in [0, 0.05) is 20.1 Å². The second-order valence-corrected chi connectivity index (χ2v) is 12.6. The molecule has 0 aliphatic rings. The maximum atomic E-state index is 11.5. The van der Waals surface area contributed by atoms with E-state index in [1.54, 1.807) is 14.0 Å². The van der Waals surface area contributed by atoms with Gasteiger partial charge in [-0.3, -0.25) is 4.79 Å². The topological polar surface area (TPSA) is 68.8 Å². The van der Waals surface area contributed by atoms with Crippen LogP contribution in [0, 0.1) is 14.3 Å². The van der Waals surface area contributed by atoms with E-state index in [0.717, 1.165) is 89.1 Å². The van der Waals surface area contributed by atoms with Crippen LogP contribution in [0.4, 0.5) is 0 Å². The Hall–Kier alpha value is 0.510. The van der Waals surface area contributed by atoms with Gasteiger partial charge in [-0.15, -0.1) is 0 Å². The number of ether oxygens (including phenoxy) is 3. The molecule has 0 fully saturated rings. The molecule has 2 aromatic rings. The van der Waals surface area contributed by atoms with E-state index in [2.05, 4.69) is 101 Å². The summed E-state index contributed by atoms with van der Waals surface area (Å²) < 4.78 is 21.4. The van der Waals surface area contributed by atoms with Crippen molar-refractivity contribution in [3.63, 3.8) is 0 Å². The van der Waals surface area contributed by atoms with Gasteiger partial charge in [-0.05, 0) is 173 Å². The Kier molecular flexibility index (Phi) is 16.2. The maximum Gasteiger partial charge on any atom is 0.154 e. The van der Waals surface area contributed by atoms with Crippen molar-refractivity contribution in [3.8, 4) is 17.2 Å². The van der Waals surface area contributed by atoms with Crippen LogP contribution in [-0.4, -0.2) is 52.3 Å². The second kappa shape index (κ2) is 17.9. The summed E-state index contributed by atoms with van der Waals surface area (Å²) in [5.41, 5.74) is 1.01. The van der Waals surface area contributed by atoms with Crippen molar-refractivity contribution in [2.45, 2.75) is 32.6 Å². The molecule has 6 nitrogen and oxygen atoms in total. The van der Waals surface area contributed by atoms with Gasteiger partial charge in [0.2, 0.25) is 0 Å². The second-order valence-electron chi connectivity index (χ2n) is 7.99. The van der Waals surface area contributed by atoms with Crippen LogP contribution < -0.4 is 20.1 Å². The summed E-state index contributed by atoms with van der Waals surface area (Å²) >= 11 is 9.15. The zero-order chi connectivity index (χ0) is 25.6. The molecule has 0 saturated heterocycles. The van der Waals surface area contributed by atoms with Gasteiger partial charge in [-0.1, -0.05) is 0 Å². The first kappa shape index (κ1) is 31.7. The van der Waals surface area contributed by atoms with Crippen LogP contribution in [0.3, 0.4) is 0 Å². The van der Waals surface area contributed by atoms with Gasteiger partial charge >= 0.3 is 0 Å². The monoisotopic (exact) mass is 932 g/mol. The van der Waals surface area contributed by atoms with Gasteiger partial charge in [0.05, 0.1) is 20.9 Å². The highest BCUT2D eigenvalue weighted by Gasteiger charge is 2.14. The molecule has 194 valence electrons. The molecule has 0 unspecified atom stereocenters. The molecule has 0 radical (unpaired) electrons. The molecule has 0 aliphatic carbocycles. The van der Waals surface area contributed by atoms with Crippen LogP contribution in [-0.2, 0) is 16.0 Å². The lowest BCUT2D eigenvalue weighted by Gasteiger charge is -2.15. The molecule has 2 aromatic carbocycles. The number of carbonyl (C=O) groups excluding carboxylic acids is 1. The van der Waals surface area contributed by atoms with Crippen LogP contribution in [0.2, 0.25) is 0 Å². The fraction of sp³-hybridized carbons (Fsp3) is 0.480. The summed E-state index contributed by atoms with van der Waals surface area (Å²) in [6.45, 7) is 7.07. The number of hydrogen-bond donors (Lipinski definition) is 2. The smallest absolute Gasteiger partial charge is 0.154 e. The summed E-state index contributed by atoms with van der Waals surface area (Å²) in [5.74, 6) is 2.65. The van der Waals surface area contributed by atoms with E-state index >= 15 is 0 Å². The van der Waals surface area contributed by atoms with E-state index in [1.807, 2.05) is 24.3 Å². The number of carbonyl (C=O) groups is 1. The highest BCUT2D eigenvalue weighted by molar-refractivity contribution is 14.1. The molecule has 0 amide bonds. The lowest BCUT2D eigenvalue weighted by molar-refractivity contribution is -0.116. The van der Waals surface area contributed by atoms with Gasteiger partial charge in [0.25, 0.3) is 0 Å². The summed E-state index contributed by atoms with van der Waals surface area (Å²) in [6.07, 6.45) is 3.56. The molecule has 0 spiro atoms. The zero-order valence-electron chi connectivity index (χ0n) is 20.0. The molecular formula is C25H32I4N2O4. The molecule has 0 atom stereocenters. The Labute approximate surface area is 263 Å². The molecule has 0 bridgehead atoms. The molecule has 0 aromatic heterocycles. The van der Waals surface area contributed by atoms with Crippen molar-refractivity contribution < 1.29 is 19.0 Å². The first-order valence-electron chi connectivity index (χ1n) is 11.5. The summed E-state index contributed by atoms with van der Waals surface area (Å²) in [5, 5.41) is 6.90. The zero-order valence-corrected chi connectivity index (χ0v) is 28.7. The number of halogens is 4. The predicted molar refractivity (Wildman–Crippen MR) is 175 cm³/mol. The predicted octanol–water partition coefficient (Wildman–Crippen LogP) is 6.40. The van der Waals surface area contributed by atoms with Crippen molar-refractivity contribution >= 4 is 96.1 Å². The van der Waals surface area contributed by atoms with Gasteiger partial charge in [0.15, 0.2) is 5.75 Å². The number of ketones is 1. The molecule has 35 heavy (non-hydrogen) atoms. The number of benzene rings is 2. The number of nitrogens with one attached hydrogen (secondary N) is 2. The van der Waals surface area contributed by atoms with Crippen LogP contribution in [0.5, 0.6) is 17.2 Å². The minimum absolute atomic E-state index is 0.155. The van der Waals surface area contributed by atoms with Crippen molar-refractivity contribution in [1.29, 1.82) is 0 Å². The number of hydrogen-bond acceptors (Lipinski definition) is 6. The Bertz CT molecular complexity index is 913. The number of Topliss-reactive ketones (excluding diaryl/α,β-unsaturated/α-hetero) is 1. The highest BCUT2D eigenvalue weighted by Crippen LogP contribution is 2.37. The Morgan fingerprint density at radius 3 is 1.83 bits per heavy atom. The number of rotatable bonds is 17. The molecule has 0 saturated carbocycles. The SMILES string of the molecule is COCCCNCCCNCCCOc1c(I)cc(Oc2c(I)cc(CC(C)=O)cc2I)cc1I. The van der Waals surface area contributed by atoms with E-state index in [9.17, 15) is 4.79 Å². The third-order valence-electron chi connectivity index (χ3n) is 4.86. The Morgan fingerprint density at radius 1 is 0.771 bits per heavy atom. The summed E-state index contributed by atoms with van der Waals surface area (Å²) in [4.78, 5) is 11.5. The Balaban J connectivity index is 1.78. The van der Waals surface area contributed by atoms with Crippen molar-refractivity contribution in [1.82, 2.24) is 10.6 Å². The highest BCUT2D eigenvalue weighted by atomic mass is 127. The molecular weight excluding hydrogens is 900 g/mol. The van der Waals surface area contributed by atoms with Gasteiger partial charge < -0.3 is 24.8 Å². The summed E-state index contributed by atoms with van der Waals surface area (Å²) in [6, 6.07) is 8.04. The van der Waals surface area contributed by atoms with E-state index in [4.69, 9.17) is 14.2 Å². The van der Waals surface area contributed by atoms with E-state index in [1.165, 1.54) is 0 Å². The fourth-order valence-corrected chi connectivity index (χ4v) is 7.39. The van der Waals surface area contributed by atoms with Crippen molar-refractivity contribution in [2.75, 3.05) is 46.5 Å². The van der Waals surface area contributed by atoms with E-state index < -0.39 is 0 Å². The maximum absolute atomic E-state index is 11.5. The van der Waals surface area contributed by atoms with Crippen LogP contribution >= 0.6 is 90.4 Å². The largest absolute Gasteiger partial charge is 0.491 e. The Morgan fingerprint density at radius 2 is 1.29 bits per heavy atom. The van der Waals surface area contributed by atoms with Crippen molar-refractivity contribution in [3.05, 3.63) is 44.1 Å². The van der Waals surface area contributed by atoms with Gasteiger partial charge in [-0.25, -0.2) is 0 Å². The lowest BCUT2D eigenvalue weighted by Crippen LogP contribution is -2.24. The fourth-order valence-electron chi connectivity index (χ4n) is 3.25. The average molecular weight is 932 g/mol. The molecule has 0 heterocycles. The average Bonchev–Trinajstić information content (AvgIpc) is 2.78. The molecule has 2 N–H and O–H groups in total. The van der Waals surface area contributed by atoms with Crippen LogP contribution in [0.25, 0.3) is 0 Å².